The molecule has 0 amide bonds. The van der Waals surface area contributed by atoms with Crippen LogP contribution in [0.25, 0.3) is 49.6 Å². The van der Waals surface area contributed by atoms with Crippen LogP contribution >= 0.6 is 0 Å². The number of nitrogens with zero attached hydrogens (tertiary/aromatic N) is 4. The van der Waals surface area contributed by atoms with Crippen molar-refractivity contribution in [2.24, 2.45) is 0 Å². The van der Waals surface area contributed by atoms with Crippen LogP contribution < -0.4 is 0 Å². The zero-order valence-electron chi connectivity index (χ0n) is 14.9. The van der Waals surface area contributed by atoms with Crippen molar-refractivity contribution in [3.63, 3.8) is 0 Å². The Bertz CT molecular complexity index is 1590. The first-order valence-corrected chi connectivity index (χ1v) is 9.42. The van der Waals surface area contributed by atoms with Crippen LogP contribution in [0.2, 0.25) is 0 Å². The Kier molecular flexibility index (Phi) is 2.51. The van der Waals surface area contributed by atoms with Gasteiger partial charge in [0.25, 0.3) is 0 Å². The van der Waals surface area contributed by atoms with Gasteiger partial charge in [0, 0.05) is 23.2 Å². The minimum Gasteiger partial charge on any atom is -0.290 e. The summed E-state index contributed by atoms with van der Waals surface area (Å²) in [7, 11) is 0. The summed E-state index contributed by atoms with van der Waals surface area (Å²) in [6.07, 6.45) is 6.50. The van der Waals surface area contributed by atoms with E-state index >= 15 is 0 Å². The molecule has 1 aliphatic rings. The van der Waals surface area contributed by atoms with E-state index in [0.717, 1.165) is 44.9 Å². The molecule has 28 heavy (non-hydrogen) atoms. The van der Waals surface area contributed by atoms with Gasteiger partial charge in [-0.2, -0.15) is 0 Å². The largest absolute Gasteiger partial charge is 0.290 e. The molecule has 4 aromatic heterocycles. The van der Waals surface area contributed by atoms with Crippen LogP contribution in [0.1, 0.15) is 11.1 Å². The van der Waals surface area contributed by atoms with Crippen LogP contribution in [0.3, 0.4) is 0 Å². The molecule has 0 fully saturated rings. The summed E-state index contributed by atoms with van der Waals surface area (Å²) in [5.74, 6) is 0. The van der Waals surface area contributed by atoms with Gasteiger partial charge in [0.05, 0.1) is 22.7 Å². The number of hydrogen-bond donors (Lipinski definition) is 0. The van der Waals surface area contributed by atoms with Crippen molar-refractivity contribution in [1.29, 1.82) is 0 Å². The monoisotopic (exact) mass is 358 g/mol. The van der Waals surface area contributed by atoms with Gasteiger partial charge >= 0.3 is 0 Å². The lowest BCUT2D eigenvalue weighted by Crippen LogP contribution is -1.94. The van der Waals surface area contributed by atoms with Crippen LogP contribution in [-0.2, 0) is 6.42 Å². The average Bonchev–Trinajstić information content (AvgIpc) is 3.31. The van der Waals surface area contributed by atoms with Gasteiger partial charge in [0.2, 0.25) is 0 Å². The Morgan fingerprint density at radius 1 is 0.786 bits per heavy atom. The lowest BCUT2D eigenvalue weighted by molar-refractivity contribution is 1.26. The molecule has 6 aromatic rings. The molecule has 1 aliphatic carbocycles. The third-order valence-corrected chi connectivity index (χ3v) is 5.91. The molecule has 7 rings (SSSR count). The third-order valence-electron chi connectivity index (χ3n) is 5.91. The van der Waals surface area contributed by atoms with Crippen molar-refractivity contribution in [3.05, 3.63) is 84.3 Å². The van der Waals surface area contributed by atoms with Gasteiger partial charge in [-0.05, 0) is 59.0 Å². The first kappa shape index (κ1) is 14.3. The van der Waals surface area contributed by atoms with Crippen LogP contribution in [0, 0.1) is 0 Å². The Morgan fingerprint density at radius 3 is 2.75 bits per heavy atom. The number of benzene rings is 2. The summed E-state index contributed by atoms with van der Waals surface area (Å²) in [4.78, 5) is 14.0. The molecule has 0 spiro atoms. The maximum atomic E-state index is 4.95. The maximum Gasteiger partial charge on any atom is 0.146 e. The Morgan fingerprint density at radius 2 is 1.75 bits per heavy atom. The molecule has 0 aliphatic heterocycles. The fraction of sp³-hybridized carbons (Fsp3) is 0.0417. The molecule has 0 bridgehead atoms. The molecule has 0 saturated carbocycles. The molecule has 4 nitrogen and oxygen atoms in total. The summed E-state index contributed by atoms with van der Waals surface area (Å²) in [6, 6.07) is 19.4. The lowest BCUT2D eigenvalue weighted by atomic mass is 10.00. The second-order valence-corrected chi connectivity index (χ2v) is 7.40. The first-order valence-electron chi connectivity index (χ1n) is 9.42. The molecule has 4 heteroatoms. The molecule has 2 aromatic carbocycles. The number of fused-ring (bicyclic) bond motifs is 11. The van der Waals surface area contributed by atoms with Crippen molar-refractivity contribution in [2.45, 2.75) is 6.42 Å². The highest BCUT2D eigenvalue weighted by Crippen LogP contribution is 2.41. The smallest absolute Gasteiger partial charge is 0.146 e. The number of imidazole rings is 1. The van der Waals surface area contributed by atoms with Gasteiger partial charge < -0.3 is 0 Å². The molecular weight excluding hydrogens is 344 g/mol. The molecule has 0 saturated heterocycles. The Labute approximate surface area is 160 Å². The molecule has 4 heterocycles. The van der Waals surface area contributed by atoms with Crippen molar-refractivity contribution in [3.8, 4) is 11.1 Å². The summed E-state index contributed by atoms with van der Waals surface area (Å²) in [5.41, 5.74) is 10.4. The second kappa shape index (κ2) is 4.93. The van der Waals surface area contributed by atoms with E-state index in [1.54, 1.807) is 0 Å². The van der Waals surface area contributed by atoms with Crippen molar-refractivity contribution >= 4 is 38.5 Å². The van der Waals surface area contributed by atoms with Gasteiger partial charge in [-0.15, -0.1) is 0 Å². The molecule has 0 unspecified atom stereocenters. The van der Waals surface area contributed by atoms with E-state index in [2.05, 4.69) is 51.8 Å². The van der Waals surface area contributed by atoms with E-state index in [1.165, 1.54) is 22.3 Å². The highest BCUT2D eigenvalue weighted by Gasteiger charge is 2.21. The molecular formula is C24H14N4. The summed E-state index contributed by atoms with van der Waals surface area (Å²) < 4.78 is 2.22. The molecule has 0 radical (unpaired) electrons. The van der Waals surface area contributed by atoms with Gasteiger partial charge in [-0.3, -0.25) is 14.4 Å². The van der Waals surface area contributed by atoms with Crippen LogP contribution in [0.5, 0.6) is 0 Å². The first-order chi connectivity index (χ1) is 13.9. The van der Waals surface area contributed by atoms with Gasteiger partial charge in [0.15, 0.2) is 0 Å². The lowest BCUT2D eigenvalue weighted by Gasteiger charge is -2.10. The van der Waals surface area contributed by atoms with Crippen LogP contribution in [-0.4, -0.2) is 19.4 Å². The molecule has 130 valence electrons. The van der Waals surface area contributed by atoms with Gasteiger partial charge in [-0.25, -0.2) is 4.98 Å². The predicted octanol–water partition coefficient (Wildman–Crippen LogP) is 5.16. The number of pyridine rings is 3. The fourth-order valence-electron chi connectivity index (χ4n) is 4.71. The highest BCUT2D eigenvalue weighted by atomic mass is 15.0. The maximum absolute atomic E-state index is 4.95. The zero-order valence-corrected chi connectivity index (χ0v) is 14.9. The normalized spacial score (nSPS) is 12.9. The van der Waals surface area contributed by atoms with E-state index in [1.807, 2.05) is 30.7 Å². The SMILES string of the molecule is c1ccc2c(c1)Cc1cc3c(cc1-2)c1nc2cnccc2n1c1cccnc31. The van der Waals surface area contributed by atoms with E-state index in [0.29, 0.717) is 0 Å². The summed E-state index contributed by atoms with van der Waals surface area (Å²) in [5, 5.41) is 2.30. The third kappa shape index (κ3) is 1.68. The standard InChI is InChI=1S/C24H14N4/c1-2-5-16-14(4-1)10-15-11-18-19(12-17(15)16)24-27-20-13-25-9-7-21(20)28(24)22-6-3-8-26-23(18)22/h1-9,11-13H,10H2. The molecule has 0 N–H and O–H groups in total. The van der Waals surface area contributed by atoms with E-state index in [-0.39, 0.29) is 0 Å². The summed E-state index contributed by atoms with van der Waals surface area (Å²) in [6.45, 7) is 0. The van der Waals surface area contributed by atoms with Gasteiger partial charge in [0.1, 0.15) is 11.2 Å². The Balaban J connectivity index is 1.75. The quantitative estimate of drug-likeness (QED) is 0.352. The average molecular weight is 358 g/mol. The fourth-order valence-corrected chi connectivity index (χ4v) is 4.71. The minimum absolute atomic E-state index is 0.904. The minimum atomic E-state index is 0.904. The number of aromatic nitrogens is 4. The van der Waals surface area contributed by atoms with E-state index in [9.17, 15) is 0 Å². The Hall–Kier alpha value is -3.79. The van der Waals surface area contributed by atoms with Crippen LogP contribution in [0.4, 0.5) is 0 Å². The predicted molar refractivity (Wildman–Crippen MR) is 112 cm³/mol. The van der Waals surface area contributed by atoms with Crippen molar-refractivity contribution in [2.75, 3.05) is 0 Å². The van der Waals surface area contributed by atoms with Crippen molar-refractivity contribution in [1.82, 2.24) is 19.4 Å². The topological polar surface area (TPSA) is 43.1 Å². The molecule has 0 atom stereocenters. The van der Waals surface area contributed by atoms with Crippen molar-refractivity contribution < 1.29 is 0 Å². The second-order valence-electron chi connectivity index (χ2n) is 7.40. The number of rotatable bonds is 0. The van der Waals surface area contributed by atoms with Gasteiger partial charge in [-0.1, -0.05) is 24.3 Å². The number of hydrogen-bond acceptors (Lipinski definition) is 3. The highest BCUT2D eigenvalue weighted by molar-refractivity contribution is 6.13. The van der Waals surface area contributed by atoms with E-state index in [4.69, 9.17) is 9.97 Å². The van der Waals surface area contributed by atoms with Crippen LogP contribution in [0.15, 0.2) is 73.2 Å². The van der Waals surface area contributed by atoms with E-state index < -0.39 is 0 Å². The summed E-state index contributed by atoms with van der Waals surface area (Å²) >= 11 is 0. The zero-order chi connectivity index (χ0) is 18.2.